The third-order valence-electron chi connectivity index (χ3n) is 2.60. The molecule has 0 aliphatic carbocycles. The van der Waals surface area contributed by atoms with Crippen molar-refractivity contribution in [3.05, 3.63) is 24.3 Å². The van der Waals surface area contributed by atoms with Crippen LogP contribution in [0.25, 0.3) is 0 Å². The predicted octanol–water partition coefficient (Wildman–Crippen LogP) is 0.748. The van der Waals surface area contributed by atoms with Gasteiger partial charge in [-0.05, 0) is 37.6 Å². The maximum Gasteiger partial charge on any atom is 0.210 e. The molecule has 0 fully saturated rings. The number of sulfone groups is 1. The highest BCUT2D eigenvalue weighted by Gasteiger charge is 2.06. The van der Waals surface area contributed by atoms with Gasteiger partial charge in [0.15, 0.2) is 9.84 Å². The van der Waals surface area contributed by atoms with Crippen LogP contribution in [0.1, 0.15) is 13.3 Å². The molecule has 4 N–H and O–H groups in total. The number of guanidine groups is 1. The van der Waals surface area contributed by atoms with Crippen molar-refractivity contribution in [3.63, 3.8) is 0 Å². The lowest BCUT2D eigenvalue weighted by Gasteiger charge is -2.09. The van der Waals surface area contributed by atoms with Crippen LogP contribution in [0.4, 0.5) is 5.69 Å². The molecule has 0 unspecified atom stereocenters. The second kappa shape index (κ2) is 8.60. The van der Waals surface area contributed by atoms with Gasteiger partial charge in [0, 0.05) is 31.7 Å². The number of nitrogens with zero attached hydrogens (tertiary/aromatic N) is 1. The lowest BCUT2D eigenvalue weighted by Crippen LogP contribution is -2.36. The summed E-state index contributed by atoms with van der Waals surface area (Å²) in [5.41, 5.74) is 3.16. The predicted molar refractivity (Wildman–Crippen MR) is 83.9 cm³/mol. The van der Waals surface area contributed by atoms with Gasteiger partial charge in [0.05, 0.1) is 4.90 Å². The summed E-state index contributed by atoms with van der Waals surface area (Å²) in [5, 5.41) is 2.98. The minimum atomic E-state index is -3.19. The van der Waals surface area contributed by atoms with E-state index >= 15 is 0 Å². The Kier molecular flexibility index (Phi) is 7.13. The number of nitrogens with one attached hydrogen (secondary N) is 2. The van der Waals surface area contributed by atoms with E-state index in [0.29, 0.717) is 31.4 Å². The molecule has 0 atom stereocenters. The molecule has 0 amide bonds. The Balaban J connectivity index is 2.59. The average molecular weight is 314 g/mol. The van der Waals surface area contributed by atoms with Gasteiger partial charge in [-0.25, -0.2) is 14.3 Å². The Morgan fingerprint density at radius 2 is 2.00 bits per heavy atom. The quantitative estimate of drug-likeness (QED) is 0.225. The van der Waals surface area contributed by atoms with Crippen molar-refractivity contribution in [2.24, 2.45) is 10.8 Å². The van der Waals surface area contributed by atoms with Crippen LogP contribution in [0.5, 0.6) is 0 Å². The van der Waals surface area contributed by atoms with Crippen LogP contribution in [0, 0.1) is 0 Å². The number of hydrogen-bond acceptors (Lipinski definition) is 5. The van der Waals surface area contributed by atoms with Gasteiger partial charge in [-0.3, -0.25) is 10.4 Å². The third kappa shape index (κ3) is 6.56. The molecule has 7 nitrogen and oxygen atoms in total. The van der Waals surface area contributed by atoms with Gasteiger partial charge < -0.3 is 10.1 Å². The van der Waals surface area contributed by atoms with Crippen LogP contribution in [0.2, 0.25) is 0 Å². The summed E-state index contributed by atoms with van der Waals surface area (Å²) in [6.45, 7) is 3.86. The zero-order valence-electron chi connectivity index (χ0n) is 12.3. The zero-order chi connectivity index (χ0) is 15.7. The lowest BCUT2D eigenvalue weighted by atomic mass is 10.3. The van der Waals surface area contributed by atoms with E-state index in [0.717, 1.165) is 6.42 Å². The molecule has 0 aliphatic heterocycles. The summed E-state index contributed by atoms with van der Waals surface area (Å²) in [6.07, 6.45) is 1.97. The average Bonchev–Trinajstić information content (AvgIpc) is 2.45. The van der Waals surface area contributed by atoms with E-state index in [1.165, 1.54) is 18.4 Å². The number of ether oxygens (including phenoxy) is 1. The van der Waals surface area contributed by atoms with Crippen LogP contribution in [-0.2, 0) is 14.6 Å². The normalized spacial score (nSPS) is 12.2. The first-order valence-corrected chi connectivity index (χ1v) is 8.52. The SMILES string of the molecule is CCOCCCN=C(NN)Nc1ccc(S(C)(=O)=O)cc1. The molecule has 0 saturated heterocycles. The molecule has 1 aromatic carbocycles. The van der Waals surface area contributed by atoms with Crippen LogP contribution >= 0.6 is 0 Å². The van der Waals surface area contributed by atoms with Crippen molar-refractivity contribution in [1.82, 2.24) is 5.43 Å². The standard InChI is InChI=1S/C13H22N4O3S/c1-3-20-10-4-9-15-13(17-14)16-11-5-7-12(8-6-11)21(2,18)19/h5-8H,3-4,9-10,14H2,1-2H3,(H2,15,16,17). The fraction of sp³-hybridized carbons (Fsp3) is 0.462. The van der Waals surface area contributed by atoms with Gasteiger partial charge >= 0.3 is 0 Å². The highest BCUT2D eigenvalue weighted by atomic mass is 32.2. The summed E-state index contributed by atoms with van der Waals surface area (Å²) >= 11 is 0. The van der Waals surface area contributed by atoms with Crippen molar-refractivity contribution in [1.29, 1.82) is 0 Å². The number of anilines is 1. The van der Waals surface area contributed by atoms with E-state index in [2.05, 4.69) is 15.7 Å². The number of hydrogen-bond donors (Lipinski definition) is 3. The third-order valence-corrected chi connectivity index (χ3v) is 3.73. The van der Waals surface area contributed by atoms with Gasteiger partial charge in [-0.2, -0.15) is 0 Å². The first kappa shape index (κ1) is 17.4. The summed E-state index contributed by atoms with van der Waals surface area (Å²) < 4.78 is 27.9. The lowest BCUT2D eigenvalue weighted by molar-refractivity contribution is 0.146. The summed E-state index contributed by atoms with van der Waals surface area (Å²) in [4.78, 5) is 4.52. The summed E-state index contributed by atoms with van der Waals surface area (Å²) in [6, 6.07) is 6.37. The van der Waals surface area contributed by atoms with Crippen LogP contribution in [0.3, 0.4) is 0 Å². The Morgan fingerprint density at radius 3 is 2.52 bits per heavy atom. The topological polar surface area (TPSA) is 106 Å². The first-order valence-electron chi connectivity index (χ1n) is 6.63. The second-order valence-electron chi connectivity index (χ2n) is 4.35. The van der Waals surface area contributed by atoms with E-state index in [9.17, 15) is 8.42 Å². The number of hydrazine groups is 1. The molecule has 118 valence electrons. The summed E-state index contributed by atoms with van der Waals surface area (Å²) in [5.74, 6) is 5.81. The molecule has 0 saturated carbocycles. The van der Waals surface area contributed by atoms with Crippen LogP contribution in [-0.4, -0.2) is 40.4 Å². The summed E-state index contributed by atoms with van der Waals surface area (Å²) in [7, 11) is -3.19. The van der Waals surface area contributed by atoms with E-state index < -0.39 is 9.84 Å². The van der Waals surface area contributed by atoms with E-state index in [1.54, 1.807) is 12.1 Å². The van der Waals surface area contributed by atoms with E-state index in [-0.39, 0.29) is 4.90 Å². The molecule has 0 bridgehead atoms. The van der Waals surface area contributed by atoms with Crippen molar-refractivity contribution in [2.45, 2.75) is 18.2 Å². The monoisotopic (exact) mass is 314 g/mol. The Bertz CT molecular complexity index is 555. The van der Waals surface area contributed by atoms with E-state index in [1.807, 2.05) is 6.92 Å². The van der Waals surface area contributed by atoms with Crippen molar-refractivity contribution in [2.75, 3.05) is 31.3 Å². The van der Waals surface area contributed by atoms with Crippen molar-refractivity contribution < 1.29 is 13.2 Å². The molecule has 1 aromatic rings. The van der Waals surface area contributed by atoms with E-state index in [4.69, 9.17) is 10.6 Å². The Hall–Kier alpha value is -1.64. The largest absolute Gasteiger partial charge is 0.382 e. The smallest absolute Gasteiger partial charge is 0.210 e. The molecule has 21 heavy (non-hydrogen) atoms. The fourth-order valence-corrected chi connectivity index (χ4v) is 2.18. The number of rotatable bonds is 7. The molecule has 8 heteroatoms. The molecular formula is C13H22N4O3S. The number of nitrogens with two attached hydrogens (primary N) is 1. The highest BCUT2D eigenvalue weighted by molar-refractivity contribution is 7.90. The molecule has 0 aromatic heterocycles. The molecule has 0 heterocycles. The molecule has 1 rings (SSSR count). The Morgan fingerprint density at radius 1 is 1.33 bits per heavy atom. The first-order chi connectivity index (χ1) is 9.97. The van der Waals surface area contributed by atoms with Gasteiger partial charge in [0.2, 0.25) is 5.96 Å². The molecular weight excluding hydrogens is 292 g/mol. The number of aliphatic imine (C=N–C) groups is 1. The minimum Gasteiger partial charge on any atom is -0.382 e. The highest BCUT2D eigenvalue weighted by Crippen LogP contribution is 2.13. The van der Waals surface area contributed by atoms with Gasteiger partial charge in [0.1, 0.15) is 0 Å². The maximum atomic E-state index is 11.4. The zero-order valence-corrected chi connectivity index (χ0v) is 13.1. The molecule has 0 aliphatic rings. The second-order valence-corrected chi connectivity index (χ2v) is 6.36. The maximum absolute atomic E-state index is 11.4. The van der Waals surface area contributed by atoms with Crippen LogP contribution in [0.15, 0.2) is 34.2 Å². The van der Waals surface area contributed by atoms with Crippen LogP contribution < -0.4 is 16.6 Å². The minimum absolute atomic E-state index is 0.268. The molecule has 0 radical (unpaired) electrons. The van der Waals surface area contributed by atoms with Gasteiger partial charge in [0.25, 0.3) is 0 Å². The Labute approximate surface area is 125 Å². The number of benzene rings is 1. The fourth-order valence-electron chi connectivity index (χ4n) is 1.55. The molecule has 0 spiro atoms. The van der Waals surface area contributed by atoms with Gasteiger partial charge in [-0.15, -0.1) is 0 Å². The van der Waals surface area contributed by atoms with Crippen molar-refractivity contribution in [3.8, 4) is 0 Å². The van der Waals surface area contributed by atoms with Crippen molar-refractivity contribution >= 4 is 21.5 Å². The van der Waals surface area contributed by atoms with Gasteiger partial charge in [-0.1, -0.05) is 0 Å².